The first-order valence-corrected chi connectivity index (χ1v) is 6.96. The van der Waals surface area contributed by atoms with E-state index in [4.69, 9.17) is 4.42 Å². The number of nitrogens with zero attached hydrogens (tertiary/aromatic N) is 1. The Hall–Kier alpha value is -1.55. The van der Waals surface area contributed by atoms with Gasteiger partial charge >= 0.3 is 0 Å². The van der Waals surface area contributed by atoms with Crippen molar-refractivity contribution < 1.29 is 9.52 Å². The molecule has 2 unspecified atom stereocenters. The van der Waals surface area contributed by atoms with Crippen molar-refractivity contribution in [1.29, 1.82) is 0 Å². The van der Waals surface area contributed by atoms with Gasteiger partial charge in [0, 0.05) is 6.54 Å². The first-order chi connectivity index (χ1) is 9.15. The number of rotatable bonds is 3. The molecule has 2 aromatic rings. The predicted octanol–water partition coefficient (Wildman–Crippen LogP) is 3.18. The van der Waals surface area contributed by atoms with Crippen molar-refractivity contribution in [3.63, 3.8) is 0 Å². The topological polar surface area (TPSA) is 58.3 Å². The zero-order valence-electron chi connectivity index (χ0n) is 11.2. The van der Waals surface area contributed by atoms with Gasteiger partial charge in [-0.15, -0.1) is 0 Å². The van der Waals surface area contributed by atoms with Gasteiger partial charge in [-0.3, -0.25) is 0 Å². The average Bonchev–Trinajstić information content (AvgIpc) is 2.79. The Morgan fingerprint density at radius 2 is 2.32 bits per heavy atom. The van der Waals surface area contributed by atoms with E-state index < -0.39 is 5.60 Å². The van der Waals surface area contributed by atoms with E-state index in [-0.39, 0.29) is 0 Å². The van der Waals surface area contributed by atoms with E-state index in [2.05, 4.69) is 17.2 Å². The summed E-state index contributed by atoms with van der Waals surface area (Å²) in [5.41, 5.74) is 0.987. The van der Waals surface area contributed by atoms with E-state index in [1.807, 2.05) is 24.3 Å². The third kappa shape index (κ3) is 2.73. The zero-order valence-corrected chi connectivity index (χ0v) is 11.2. The van der Waals surface area contributed by atoms with Crippen LogP contribution in [0.25, 0.3) is 11.1 Å². The number of aromatic nitrogens is 1. The van der Waals surface area contributed by atoms with Gasteiger partial charge in [0.05, 0.1) is 5.60 Å². The number of hydrogen-bond acceptors (Lipinski definition) is 4. The predicted molar refractivity (Wildman–Crippen MR) is 75.1 cm³/mol. The monoisotopic (exact) mass is 260 g/mol. The normalized spacial score (nSPS) is 27.6. The molecule has 0 radical (unpaired) electrons. The lowest BCUT2D eigenvalue weighted by Crippen LogP contribution is -2.41. The molecule has 0 spiro atoms. The molecule has 1 heterocycles. The summed E-state index contributed by atoms with van der Waals surface area (Å²) in [5, 5.41) is 13.7. The number of oxazole rings is 1. The van der Waals surface area contributed by atoms with Gasteiger partial charge in [-0.2, -0.15) is 4.98 Å². The molecule has 1 aromatic carbocycles. The van der Waals surface area contributed by atoms with Crippen molar-refractivity contribution >= 4 is 17.1 Å². The fourth-order valence-electron chi connectivity index (χ4n) is 2.98. The van der Waals surface area contributed by atoms with E-state index in [1.54, 1.807) is 0 Å². The Bertz CT molecular complexity index is 533. The van der Waals surface area contributed by atoms with Crippen LogP contribution in [0.4, 0.5) is 6.01 Å². The summed E-state index contributed by atoms with van der Waals surface area (Å²) in [6, 6.07) is 8.16. The van der Waals surface area contributed by atoms with E-state index in [0.717, 1.165) is 30.4 Å². The third-order valence-electron chi connectivity index (χ3n) is 3.93. The molecule has 0 aliphatic heterocycles. The first kappa shape index (κ1) is 12.5. The number of hydrogen-bond donors (Lipinski definition) is 2. The molecular formula is C15H20N2O2. The zero-order chi connectivity index (χ0) is 13.3. The Balaban J connectivity index is 1.68. The lowest BCUT2D eigenvalue weighted by atomic mass is 9.79. The molecule has 0 bridgehead atoms. The number of aliphatic hydroxyl groups is 1. The van der Waals surface area contributed by atoms with Crippen molar-refractivity contribution in [2.45, 2.75) is 38.2 Å². The Kier molecular flexibility index (Phi) is 3.19. The van der Waals surface area contributed by atoms with Crippen LogP contribution in [0.2, 0.25) is 0 Å². The van der Waals surface area contributed by atoms with Crippen LogP contribution in [0, 0.1) is 5.92 Å². The van der Waals surface area contributed by atoms with Crippen LogP contribution in [-0.4, -0.2) is 22.2 Å². The maximum Gasteiger partial charge on any atom is 0.295 e. The van der Waals surface area contributed by atoms with Crippen LogP contribution in [0.1, 0.15) is 32.6 Å². The molecule has 1 aliphatic rings. The highest BCUT2D eigenvalue weighted by Crippen LogP contribution is 2.32. The van der Waals surface area contributed by atoms with Crippen LogP contribution >= 0.6 is 0 Å². The number of nitrogens with one attached hydrogen (secondary N) is 1. The van der Waals surface area contributed by atoms with Gasteiger partial charge in [-0.1, -0.05) is 31.9 Å². The molecule has 0 amide bonds. The fraction of sp³-hybridized carbons (Fsp3) is 0.533. The molecule has 4 heteroatoms. The van der Waals surface area contributed by atoms with E-state index in [9.17, 15) is 5.11 Å². The number of para-hydroxylation sites is 2. The summed E-state index contributed by atoms with van der Waals surface area (Å²) < 4.78 is 5.60. The molecule has 1 aromatic heterocycles. The Labute approximate surface area is 112 Å². The van der Waals surface area contributed by atoms with Crippen LogP contribution in [0.15, 0.2) is 28.7 Å². The van der Waals surface area contributed by atoms with Gasteiger partial charge in [-0.05, 0) is 30.9 Å². The molecule has 3 rings (SSSR count). The lowest BCUT2D eigenvalue weighted by molar-refractivity contribution is -0.00114. The fourth-order valence-corrected chi connectivity index (χ4v) is 2.98. The SMILES string of the molecule is CC1CCCC(O)(CNc2nc3ccccc3o2)C1. The molecule has 4 nitrogen and oxygen atoms in total. The molecule has 1 saturated carbocycles. The quantitative estimate of drug-likeness (QED) is 0.890. The van der Waals surface area contributed by atoms with Crippen LogP contribution in [0.5, 0.6) is 0 Å². The smallest absolute Gasteiger partial charge is 0.295 e. The van der Waals surface area contributed by atoms with Gasteiger partial charge in [0.25, 0.3) is 6.01 Å². The molecule has 102 valence electrons. The molecular weight excluding hydrogens is 240 g/mol. The highest BCUT2D eigenvalue weighted by atomic mass is 16.4. The average molecular weight is 260 g/mol. The van der Waals surface area contributed by atoms with Gasteiger partial charge in [-0.25, -0.2) is 0 Å². The number of benzene rings is 1. The molecule has 1 aliphatic carbocycles. The molecule has 0 saturated heterocycles. The maximum atomic E-state index is 10.5. The molecule has 1 fully saturated rings. The largest absolute Gasteiger partial charge is 0.424 e. The van der Waals surface area contributed by atoms with Crippen molar-refractivity contribution in [2.24, 2.45) is 5.92 Å². The summed E-state index contributed by atoms with van der Waals surface area (Å²) in [6.07, 6.45) is 4.00. The van der Waals surface area contributed by atoms with Gasteiger partial charge in [0.15, 0.2) is 5.58 Å². The van der Waals surface area contributed by atoms with Crippen LogP contribution < -0.4 is 5.32 Å². The second-order valence-corrected chi connectivity index (χ2v) is 5.77. The summed E-state index contributed by atoms with van der Waals surface area (Å²) in [7, 11) is 0. The van der Waals surface area contributed by atoms with Crippen molar-refractivity contribution in [3.8, 4) is 0 Å². The van der Waals surface area contributed by atoms with Crippen molar-refractivity contribution in [3.05, 3.63) is 24.3 Å². The maximum absolute atomic E-state index is 10.5. The minimum atomic E-state index is -0.627. The van der Waals surface area contributed by atoms with Gasteiger partial charge < -0.3 is 14.8 Å². The lowest BCUT2D eigenvalue weighted by Gasteiger charge is -2.35. The number of fused-ring (bicyclic) bond motifs is 1. The third-order valence-corrected chi connectivity index (χ3v) is 3.93. The minimum absolute atomic E-state index is 0.493. The number of anilines is 1. The molecule has 2 N–H and O–H groups in total. The highest BCUT2D eigenvalue weighted by Gasteiger charge is 2.32. The van der Waals surface area contributed by atoms with Gasteiger partial charge in [0.1, 0.15) is 5.52 Å². The summed E-state index contributed by atoms with van der Waals surface area (Å²) in [6.45, 7) is 2.70. The standard InChI is InChI=1S/C15H20N2O2/c1-11-5-4-8-15(18,9-11)10-16-14-17-12-6-2-3-7-13(12)19-14/h2-3,6-7,11,18H,4-5,8-10H2,1H3,(H,16,17). The van der Waals surface area contributed by atoms with Crippen LogP contribution in [0.3, 0.4) is 0 Å². The van der Waals surface area contributed by atoms with Crippen molar-refractivity contribution in [1.82, 2.24) is 4.98 Å². The Morgan fingerprint density at radius 1 is 1.47 bits per heavy atom. The molecule has 19 heavy (non-hydrogen) atoms. The van der Waals surface area contributed by atoms with Gasteiger partial charge in [0.2, 0.25) is 0 Å². The van der Waals surface area contributed by atoms with E-state index >= 15 is 0 Å². The Morgan fingerprint density at radius 3 is 3.11 bits per heavy atom. The second-order valence-electron chi connectivity index (χ2n) is 5.77. The first-order valence-electron chi connectivity index (χ1n) is 6.96. The summed E-state index contributed by atoms with van der Waals surface area (Å²) in [5.74, 6) is 0.587. The summed E-state index contributed by atoms with van der Waals surface area (Å²) >= 11 is 0. The van der Waals surface area contributed by atoms with Crippen molar-refractivity contribution in [2.75, 3.05) is 11.9 Å². The summed E-state index contributed by atoms with van der Waals surface area (Å²) in [4.78, 5) is 4.36. The minimum Gasteiger partial charge on any atom is -0.424 e. The van der Waals surface area contributed by atoms with E-state index in [0.29, 0.717) is 18.5 Å². The molecule has 2 atom stereocenters. The highest BCUT2D eigenvalue weighted by molar-refractivity contribution is 5.74. The van der Waals surface area contributed by atoms with Crippen LogP contribution in [-0.2, 0) is 0 Å². The van der Waals surface area contributed by atoms with E-state index in [1.165, 1.54) is 6.42 Å². The second kappa shape index (κ2) is 4.85.